The molecule has 35 heavy (non-hydrogen) atoms. The number of rotatable bonds is 9. The number of methoxy groups -OCH3 is 1. The molecule has 1 aliphatic carbocycles. The molecule has 7 heteroatoms. The first-order valence-electron chi connectivity index (χ1n) is 12.3. The Bertz CT molecular complexity index is 986. The molecule has 4 atom stereocenters. The van der Waals surface area contributed by atoms with Gasteiger partial charge in [-0.25, -0.2) is 9.18 Å². The van der Waals surface area contributed by atoms with Gasteiger partial charge in [0.1, 0.15) is 18.2 Å². The first-order chi connectivity index (χ1) is 16.4. The number of esters is 1. The van der Waals surface area contributed by atoms with Crippen molar-refractivity contribution in [1.82, 2.24) is 0 Å². The van der Waals surface area contributed by atoms with Gasteiger partial charge in [0.15, 0.2) is 14.4 Å². The van der Waals surface area contributed by atoms with Gasteiger partial charge in [0.25, 0.3) is 0 Å². The SMILES string of the molecule is COc1ccc(COC(=O)C(O)C2CC(CO[Si](C)(C)C(C)(C)C)C(c3cccc(F)c3)C2)cc1. The smallest absolute Gasteiger partial charge is 0.335 e. The zero-order chi connectivity index (χ0) is 25.8. The van der Waals surface area contributed by atoms with Gasteiger partial charge in [-0.1, -0.05) is 45.0 Å². The zero-order valence-electron chi connectivity index (χ0n) is 21.7. The molecule has 0 bridgehead atoms. The van der Waals surface area contributed by atoms with Crippen molar-refractivity contribution in [1.29, 1.82) is 0 Å². The summed E-state index contributed by atoms with van der Waals surface area (Å²) in [5, 5.41) is 10.9. The van der Waals surface area contributed by atoms with Crippen LogP contribution in [0.4, 0.5) is 4.39 Å². The van der Waals surface area contributed by atoms with Crippen molar-refractivity contribution in [3.63, 3.8) is 0 Å². The van der Waals surface area contributed by atoms with Crippen molar-refractivity contribution in [3.05, 3.63) is 65.5 Å². The Morgan fingerprint density at radius 1 is 1.14 bits per heavy atom. The lowest BCUT2D eigenvalue weighted by Gasteiger charge is -2.37. The number of carbonyl (C=O) groups excluding carboxylic acids is 1. The van der Waals surface area contributed by atoms with Gasteiger partial charge in [-0.15, -0.1) is 0 Å². The van der Waals surface area contributed by atoms with Crippen LogP contribution in [-0.4, -0.2) is 39.2 Å². The van der Waals surface area contributed by atoms with Crippen LogP contribution >= 0.6 is 0 Å². The Morgan fingerprint density at radius 2 is 1.83 bits per heavy atom. The molecular weight excluding hydrogens is 463 g/mol. The van der Waals surface area contributed by atoms with E-state index in [0.29, 0.717) is 19.4 Å². The highest BCUT2D eigenvalue weighted by atomic mass is 28.4. The van der Waals surface area contributed by atoms with Crippen molar-refractivity contribution in [3.8, 4) is 5.75 Å². The van der Waals surface area contributed by atoms with E-state index >= 15 is 0 Å². The molecule has 1 fully saturated rings. The number of carbonyl (C=O) groups is 1. The Kier molecular flexibility index (Phi) is 8.78. The number of hydrogen-bond donors (Lipinski definition) is 1. The molecule has 1 N–H and O–H groups in total. The third-order valence-electron chi connectivity index (χ3n) is 7.70. The predicted octanol–water partition coefficient (Wildman–Crippen LogP) is 6.07. The second-order valence-corrected chi connectivity index (χ2v) is 15.9. The molecule has 0 aliphatic heterocycles. The summed E-state index contributed by atoms with van der Waals surface area (Å²) in [6.45, 7) is 11.6. The van der Waals surface area contributed by atoms with Gasteiger partial charge < -0.3 is 19.0 Å². The predicted molar refractivity (Wildman–Crippen MR) is 137 cm³/mol. The van der Waals surface area contributed by atoms with Crippen LogP contribution in [0.2, 0.25) is 18.1 Å². The quantitative estimate of drug-likeness (QED) is 0.333. The minimum Gasteiger partial charge on any atom is -0.497 e. The summed E-state index contributed by atoms with van der Waals surface area (Å²) in [6.07, 6.45) is -0.0373. The summed E-state index contributed by atoms with van der Waals surface area (Å²) in [5.41, 5.74) is 1.70. The van der Waals surface area contributed by atoms with E-state index in [0.717, 1.165) is 16.9 Å². The molecule has 192 valence electrons. The van der Waals surface area contributed by atoms with E-state index in [2.05, 4.69) is 33.9 Å². The number of ether oxygens (including phenoxy) is 2. The normalized spacial score (nSPS) is 21.5. The van der Waals surface area contributed by atoms with Crippen molar-refractivity contribution in [2.24, 2.45) is 11.8 Å². The summed E-state index contributed by atoms with van der Waals surface area (Å²) < 4.78 is 31.1. The van der Waals surface area contributed by atoms with Crippen molar-refractivity contribution < 1.29 is 28.2 Å². The molecule has 5 nitrogen and oxygen atoms in total. The van der Waals surface area contributed by atoms with E-state index in [1.807, 2.05) is 18.2 Å². The molecule has 0 saturated heterocycles. The third-order valence-corrected chi connectivity index (χ3v) is 12.2. The van der Waals surface area contributed by atoms with Crippen molar-refractivity contribution in [2.75, 3.05) is 13.7 Å². The standard InChI is InChI=1S/C28H39FO5Si/c1-28(2,3)35(5,6)34-18-22-14-21(16-25(22)20-8-7-9-23(29)15-20)26(30)27(31)33-17-19-10-12-24(32-4)13-11-19/h7-13,15,21-22,25-26,30H,14,16-18H2,1-6H3. The van der Waals surface area contributed by atoms with E-state index in [1.54, 1.807) is 31.4 Å². The van der Waals surface area contributed by atoms with Crippen LogP contribution < -0.4 is 4.74 Å². The van der Waals surface area contributed by atoms with Crippen LogP contribution in [0.5, 0.6) is 5.75 Å². The number of aliphatic hydroxyl groups excluding tert-OH is 1. The lowest BCUT2D eigenvalue weighted by Crippen LogP contribution is -2.42. The summed E-state index contributed by atoms with van der Waals surface area (Å²) in [5.74, 6) is -0.381. The van der Waals surface area contributed by atoms with E-state index in [1.165, 1.54) is 6.07 Å². The van der Waals surface area contributed by atoms with Crippen LogP contribution in [0.15, 0.2) is 48.5 Å². The molecule has 0 spiro atoms. The Balaban J connectivity index is 1.68. The highest BCUT2D eigenvalue weighted by Crippen LogP contribution is 2.46. The molecule has 3 rings (SSSR count). The largest absolute Gasteiger partial charge is 0.497 e. The molecular formula is C28H39FO5Si. The first kappa shape index (κ1) is 27.4. The van der Waals surface area contributed by atoms with Crippen LogP contribution in [0.25, 0.3) is 0 Å². The maximum absolute atomic E-state index is 14.0. The Labute approximate surface area is 209 Å². The minimum absolute atomic E-state index is 0.00417. The lowest BCUT2D eigenvalue weighted by atomic mass is 9.89. The molecule has 0 radical (unpaired) electrons. The molecule has 1 saturated carbocycles. The number of benzene rings is 2. The average molecular weight is 503 g/mol. The van der Waals surface area contributed by atoms with Gasteiger partial charge in [-0.3, -0.25) is 0 Å². The van der Waals surface area contributed by atoms with Gasteiger partial charge >= 0.3 is 5.97 Å². The highest BCUT2D eigenvalue weighted by Gasteiger charge is 2.43. The fraction of sp³-hybridized carbons (Fsp3) is 0.536. The zero-order valence-corrected chi connectivity index (χ0v) is 22.7. The molecule has 4 unspecified atom stereocenters. The monoisotopic (exact) mass is 502 g/mol. The van der Waals surface area contributed by atoms with Gasteiger partial charge in [-0.2, -0.15) is 0 Å². The van der Waals surface area contributed by atoms with Gasteiger partial charge in [0.05, 0.1) is 7.11 Å². The van der Waals surface area contributed by atoms with Gasteiger partial charge in [0.2, 0.25) is 0 Å². The topological polar surface area (TPSA) is 65.0 Å². The Morgan fingerprint density at radius 3 is 2.43 bits per heavy atom. The third kappa shape index (κ3) is 6.93. The minimum atomic E-state index is -1.98. The van der Waals surface area contributed by atoms with Crippen LogP contribution in [0.3, 0.4) is 0 Å². The second kappa shape index (κ2) is 11.2. The van der Waals surface area contributed by atoms with E-state index in [9.17, 15) is 14.3 Å². The molecule has 1 aliphatic rings. The molecule has 0 heterocycles. The number of hydrogen-bond acceptors (Lipinski definition) is 5. The molecule has 2 aromatic rings. The summed E-state index contributed by atoms with van der Waals surface area (Å²) in [7, 11) is -0.387. The summed E-state index contributed by atoms with van der Waals surface area (Å²) in [4.78, 5) is 12.7. The van der Waals surface area contributed by atoms with Crippen LogP contribution in [0.1, 0.15) is 50.7 Å². The number of halogens is 1. The fourth-order valence-electron chi connectivity index (χ4n) is 4.44. The Hall–Kier alpha value is -2.22. The summed E-state index contributed by atoms with van der Waals surface area (Å²) in [6, 6.07) is 13.9. The van der Waals surface area contributed by atoms with E-state index in [4.69, 9.17) is 13.9 Å². The van der Waals surface area contributed by atoms with Crippen molar-refractivity contribution >= 4 is 14.3 Å². The van der Waals surface area contributed by atoms with Gasteiger partial charge in [-0.05, 0) is 84.1 Å². The highest BCUT2D eigenvalue weighted by molar-refractivity contribution is 6.74. The number of aliphatic hydroxyl groups is 1. The maximum atomic E-state index is 14.0. The van der Waals surface area contributed by atoms with E-state index < -0.39 is 20.4 Å². The maximum Gasteiger partial charge on any atom is 0.335 e. The van der Waals surface area contributed by atoms with Gasteiger partial charge in [0, 0.05) is 6.61 Å². The lowest BCUT2D eigenvalue weighted by molar-refractivity contribution is -0.158. The van der Waals surface area contributed by atoms with Crippen LogP contribution in [0, 0.1) is 17.7 Å². The summed E-state index contributed by atoms with van der Waals surface area (Å²) >= 11 is 0. The van der Waals surface area contributed by atoms with E-state index in [-0.39, 0.29) is 35.2 Å². The van der Waals surface area contributed by atoms with Crippen LogP contribution in [-0.2, 0) is 20.6 Å². The molecule has 0 aromatic heterocycles. The molecule has 2 aromatic carbocycles. The molecule has 0 amide bonds. The van der Waals surface area contributed by atoms with Crippen molar-refractivity contribution in [2.45, 2.75) is 70.4 Å². The first-order valence-corrected chi connectivity index (χ1v) is 15.2. The fourth-order valence-corrected chi connectivity index (χ4v) is 5.51. The average Bonchev–Trinajstić information content (AvgIpc) is 3.24. The second-order valence-electron chi connectivity index (χ2n) is 11.1.